The summed E-state index contributed by atoms with van der Waals surface area (Å²) in [4.78, 5) is 14.3. The van der Waals surface area contributed by atoms with Gasteiger partial charge in [-0.25, -0.2) is 13.2 Å². The smallest absolute Gasteiger partial charge is 0.465 e. The molecular formula is C14H10ClF3N2O5S. The van der Waals surface area contributed by atoms with Crippen LogP contribution in [0.4, 0.5) is 18.9 Å². The topological polar surface area (TPSA) is 94.6 Å². The third-order valence-electron chi connectivity index (χ3n) is 2.83. The van der Waals surface area contributed by atoms with Crippen LogP contribution in [0.1, 0.15) is 10.4 Å². The SMILES string of the molecule is COC(=O)c1cncc(NS(=O)(=O)c2cc(Cl)ccc2OC(F)(F)F)c1. The molecule has 0 radical (unpaired) electrons. The van der Waals surface area contributed by atoms with Gasteiger partial charge in [0.2, 0.25) is 0 Å². The summed E-state index contributed by atoms with van der Waals surface area (Å²) in [5.74, 6) is -1.74. The Hall–Kier alpha value is -2.53. The predicted molar refractivity (Wildman–Crippen MR) is 84.5 cm³/mol. The Bertz CT molecular complexity index is 934. The number of ether oxygens (including phenoxy) is 2. The molecule has 0 fully saturated rings. The molecule has 0 aliphatic heterocycles. The molecular weight excluding hydrogens is 401 g/mol. The zero-order chi connectivity index (χ0) is 19.5. The van der Waals surface area contributed by atoms with E-state index in [0.29, 0.717) is 0 Å². The number of sulfonamides is 1. The fraction of sp³-hybridized carbons (Fsp3) is 0.143. The molecule has 1 N–H and O–H groups in total. The van der Waals surface area contributed by atoms with Crippen LogP contribution in [0.3, 0.4) is 0 Å². The van der Waals surface area contributed by atoms with E-state index in [1.165, 1.54) is 0 Å². The van der Waals surface area contributed by atoms with Crippen LogP contribution in [-0.2, 0) is 14.8 Å². The van der Waals surface area contributed by atoms with Crippen molar-refractivity contribution in [3.8, 4) is 5.75 Å². The number of benzene rings is 1. The Morgan fingerprint density at radius 1 is 1.23 bits per heavy atom. The van der Waals surface area contributed by atoms with Crippen molar-refractivity contribution in [3.63, 3.8) is 0 Å². The van der Waals surface area contributed by atoms with Gasteiger partial charge in [0, 0.05) is 11.2 Å². The van der Waals surface area contributed by atoms with Gasteiger partial charge in [-0.3, -0.25) is 9.71 Å². The Kier molecular flexibility index (Phi) is 5.62. The Morgan fingerprint density at radius 3 is 2.54 bits per heavy atom. The van der Waals surface area contributed by atoms with Crippen LogP contribution in [0.15, 0.2) is 41.6 Å². The van der Waals surface area contributed by atoms with Crippen LogP contribution in [0.25, 0.3) is 0 Å². The van der Waals surface area contributed by atoms with E-state index in [4.69, 9.17) is 11.6 Å². The molecule has 0 saturated carbocycles. The molecule has 2 aromatic rings. The van der Waals surface area contributed by atoms with E-state index in [0.717, 1.165) is 43.8 Å². The van der Waals surface area contributed by atoms with Crippen molar-refractivity contribution in [3.05, 3.63) is 47.2 Å². The standard InChI is InChI=1S/C14H10ClF3N2O5S/c1-24-13(21)8-4-10(7-19-6-8)20-26(22,23)12-5-9(15)2-3-11(12)25-14(16,17)18/h2-7,20H,1H3. The second-order valence-corrected chi connectivity index (χ2v) is 6.79. The molecule has 140 valence electrons. The van der Waals surface area contributed by atoms with Crippen LogP contribution in [0, 0.1) is 0 Å². The number of pyridine rings is 1. The van der Waals surface area contributed by atoms with E-state index < -0.39 is 33.0 Å². The first-order valence-electron chi connectivity index (χ1n) is 6.63. The summed E-state index contributed by atoms with van der Waals surface area (Å²) in [5.41, 5.74) is -0.239. The molecule has 2 rings (SSSR count). The molecule has 1 aromatic heterocycles. The summed E-state index contributed by atoms with van der Waals surface area (Å²) in [5, 5.41) is -0.124. The fourth-order valence-electron chi connectivity index (χ4n) is 1.84. The maximum Gasteiger partial charge on any atom is 0.573 e. The molecule has 0 spiro atoms. The number of rotatable bonds is 5. The van der Waals surface area contributed by atoms with Crippen molar-refractivity contribution in [2.75, 3.05) is 11.8 Å². The maximum atomic E-state index is 12.5. The molecule has 12 heteroatoms. The van der Waals surface area contributed by atoms with Gasteiger partial charge < -0.3 is 9.47 Å². The first kappa shape index (κ1) is 19.8. The second kappa shape index (κ2) is 7.38. The summed E-state index contributed by atoms with van der Waals surface area (Å²) in [6.07, 6.45) is -2.93. The molecule has 0 aliphatic rings. The molecule has 0 saturated heterocycles. The number of halogens is 4. The third kappa shape index (κ3) is 4.99. The average molecular weight is 411 g/mol. The lowest BCUT2D eigenvalue weighted by Gasteiger charge is -2.15. The summed E-state index contributed by atoms with van der Waals surface area (Å²) in [6, 6.07) is 3.71. The zero-order valence-electron chi connectivity index (χ0n) is 12.9. The van der Waals surface area contributed by atoms with E-state index in [9.17, 15) is 26.4 Å². The lowest BCUT2D eigenvalue weighted by atomic mass is 10.3. The molecule has 26 heavy (non-hydrogen) atoms. The second-order valence-electron chi connectivity index (χ2n) is 4.70. The first-order valence-corrected chi connectivity index (χ1v) is 8.49. The first-order chi connectivity index (χ1) is 12.0. The number of carbonyl (C=O) groups is 1. The largest absolute Gasteiger partial charge is 0.573 e. The Labute approximate surface area is 150 Å². The minimum Gasteiger partial charge on any atom is -0.465 e. The number of hydrogen-bond acceptors (Lipinski definition) is 6. The predicted octanol–water partition coefficient (Wildman–Crippen LogP) is 3.22. The van der Waals surface area contributed by atoms with Gasteiger partial charge in [0.05, 0.1) is 24.6 Å². The van der Waals surface area contributed by atoms with Gasteiger partial charge in [0.1, 0.15) is 10.6 Å². The minimum absolute atomic E-state index is 0.0643. The lowest BCUT2D eigenvalue weighted by molar-refractivity contribution is -0.275. The van der Waals surface area contributed by atoms with Crippen LogP contribution in [-0.4, -0.2) is 32.8 Å². The number of anilines is 1. The van der Waals surface area contributed by atoms with Gasteiger partial charge in [-0.15, -0.1) is 13.2 Å². The fourth-order valence-corrected chi connectivity index (χ4v) is 3.26. The molecule has 1 heterocycles. The zero-order valence-corrected chi connectivity index (χ0v) is 14.4. The lowest BCUT2D eigenvalue weighted by Crippen LogP contribution is -2.21. The third-order valence-corrected chi connectivity index (χ3v) is 4.47. The highest BCUT2D eigenvalue weighted by Crippen LogP contribution is 2.32. The highest BCUT2D eigenvalue weighted by atomic mass is 35.5. The van der Waals surface area contributed by atoms with Gasteiger partial charge in [0.15, 0.2) is 0 Å². The maximum absolute atomic E-state index is 12.5. The minimum atomic E-state index is -5.11. The van der Waals surface area contributed by atoms with Crippen molar-refractivity contribution in [1.29, 1.82) is 0 Å². The van der Waals surface area contributed by atoms with Gasteiger partial charge in [-0.1, -0.05) is 11.6 Å². The average Bonchev–Trinajstić information content (AvgIpc) is 2.54. The molecule has 0 atom stereocenters. The quantitative estimate of drug-likeness (QED) is 0.760. The highest BCUT2D eigenvalue weighted by Gasteiger charge is 2.34. The Morgan fingerprint density at radius 2 is 1.92 bits per heavy atom. The number of esters is 1. The number of aromatic nitrogens is 1. The monoisotopic (exact) mass is 410 g/mol. The van der Waals surface area contributed by atoms with E-state index in [-0.39, 0.29) is 16.3 Å². The van der Waals surface area contributed by atoms with Gasteiger partial charge in [-0.2, -0.15) is 0 Å². The number of nitrogens with one attached hydrogen (secondary N) is 1. The molecule has 0 aliphatic carbocycles. The van der Waals surface area contributed by atoms with E-state index in [1.807, 2.05) is 4.72 Å². The van der Waals surface area contributed by atoms with Crippen molar-refractivity contribution in [2.24, 2.45) is 0 Å². The number of carbonyl (C=O) groups excluding carboxylic acids is 1. The number of nitrogens with zero attached hydrogens (tertiary/aromatic N) is 1. The van der Waals surface area contributed by atoms with Gasteiger partial charge in [-0.05, 0) is 24.3 Å². The van der Waals surface area contributed by atoms with Crippen molar-refractivity contribution in [2.45, 2.75) is 11.3 Å². The van der Waals surface area contributed by atoms with E-state index in [2.05, 4.69) is 14.5 Å². The van der Waals surface area contributed by atoms with Crippen molar-refractivity contribution >= 4 is 33.3 Å². The summed E-state index contributed by atoms with van der Waals surface area (Å²) < 4.78 is 72.6. The van der Waals surface area contributed by atoms with Crippen molar-refractivity contribution < 1.29 is 35.9 Å². The molecule has 0 amide bonds. The summed E-state index contributed by atoms with van der Waals surface area (Å²) >= 11 is 5.68. The van der Waals surface area contributed by atoms with Crippen LogP contribution < -0.4 is 9.46 Å². The molecule has 0 unspecified atom stereocenters. The van der Waals surface area contributed by atoms with Crippen molar-refractivity contribution in [1.82, 2.24) is 4.98 Å². The van der Waals surface area contributed by atoms with E-state index >= 15 is 0 Å². The normalized spacial score (nSPS) is 11.7. The van der Waals surface area contributed by atoms with Gasteiger partial charge in [0.25, 0.3) is 10.0 Å². The summed E-state index contributed by atoms with van der Waals surface area (Å²) in [7, 11) is -3.42. The van der Waals surface area contributed by atoms with Crippen LogP contribution in [0.5, 0.6) is 5.75 Å². The molecule has 7 nitrogen and oxygen atoms in total. The number of alkyl halides is 3. The van der Waals surface area contributed by atoms with E-state index in [1.54, 1.807) is 0 Å². The Balaban J connectivity index is 2.42. The van der Waals surface area contributed by atoms with Crippen LogP contribution >= 0.6 is 11.6 Å². The number of methoxy groups -OCH3 is 1. The summed E-state index contributed by atoms with van der Waals surface area (Å²) in [6.45, 7) is 0. The van der Waals surface area contributed by atoms with Crippen LogP contribution in [0.2, 0.25) is 5.02 Å². The highest BCUT2D eigenvalue weighted by molar-refractivity contribution is 7.92. The number of hydrogen-bond donors (Lipinski definition) is 1. The molecule has 0 bridgehead atoms. The van der Waals surface area contributed by atoms with Gasteiger partial charge >= 0.3 is 12.3 Å². The molecule has 1 aromatic carbocycles.